The number of carboxylic acid groups (broad SMARTS) is 1. The molecule has 0 saturated heterocycles. The highest BCUT2D eigenvalue weighted by molar-refractivity contribution is 6.00. The molecule has 2 saturated carbocycles. The summed E-state index contributed by atoms with van der Waals surface area (Å²) in [6, 6.07) is 7.25. The fourth-order valence-corrected chi connectivity index (χ4v) is 4.10. The highest BCUT2D eigenvalue weighted by Crippen LogP contribution is 2.65. The summed E-state index contributed by atoms with van der Waals surface area (Å²) in [5.41, 5.74) is 0.0724. The van der Waals surface area contributed by atoms with E-state index in [0.717, 1.165) is 12.8 Å². The summed E-state index contributed by atoms with van der Waals surface area (Å²) in [4.78, 5) is 23.4. The van der Waals surface area contributed by atoms with Crippen LogP contribution in [0.4, 0.5) is 0 Å². The average Bonchev–Trinajstić information content (AvgIpc) is 3.04. The number of ether oxygens (including phenoxy) is 1. The first-order valence-electron chi connectivity index (χ1n) is 6.66. The van der Waals surface area contributed by atoms with Crippen LogP contribution in [0.5, 0.6) is 5.75 Å². The van der Waals surface area contributed by atoms with E-state index >= 15 is 0 Å². The first-order chi connectivity index (χ1) is 9.12. The number of aliphatic carboxylic acids is 1. The van der Waals surface area contributed by atoms with Crippen LogP contribution < -0.4 is 4.74 Å². The molecule has 2 aliphatic carbocycles. The Balaban J connectivity index is 1.72. The highest BCUT2D eigenvalue weighted by Gasteiger charge is 2.70. The number of carboxylic acids is 1. The number of benzene rings is 1. The second-order valence-corrected chi connectivity index (χ2v) is 5.86. The van der Waals surface area contributed by atoms with Gasteiger partial charge in [-0.25, -0.2) is 0 Å². The van der Waals surface area contributed by atoms with E-state index in [1.807, 2.05) is 12.1 Å². The number of hydrogen-bond donors (Lipinski definition) is 1. The van der Waals surface area contributed by atoms with Crippen LogP contribution in [0.3, 0.4) is 0 Å². The Kier molecular flexibility index (Phi) is 1.96. The molecule has 2 fully saturated rings. The molecule has 0 bridgehead atoms. The largest absolute Gasteiger partial charge is 0.486 e. The van der Waals surface area contributed by atoms with Crippen molar-refractivity contribution in [2.75, 3.05) is 0 Å². The molecule has 4 rings (SSSR count). The van der Waals surface area contributed by atoms with Crippen molar-refractivity contribution in [2.24, 2.45) is 17.8 Å². The number of hydrogen-bond acceptors (Lipinski definition) is 3. The summed E-state index contributed by atoms with van der Waals surface area (Å²) in [5, 5.41) is 9.19. The third kappa shape index (κ3) is 1.34. The number of Topliss-reactive ketones (excluding diaryl/α,β-unsaturated/α-hetero) is 1. The molecule has 1 aliphatic heterocycles. The smallest absolute Gasteiger partial charge is 0.307 e. The second kappa shape index (κ2) is 3.38. The molecule has 1 heterocycles. The van der Waals surface area contributed by atoms with Gasteiger partial charge in [0, 0.05) is 5.92 Å². The number of ketones is 1. The summed E-state index contributed by atoms with van der Waals surface area (Å²) in [6.07, 6.45) is 1.98. The lowest BCUT2D eigenvalue weighted by atomic mass is 9.84. The van der Waals surface area contributed by atoms with Gasteiger partial charge >= 0.3 is 5.97 Å². The van der Waals surface area contributed by atoms with E-state index in [1.54, 1.807) is 12.1 Å². The first kappa shape index (κ1) is 11.0. The standard InChI is InChI=1S/C15H14O4/c16-10-7-15(19-11-4-2-1-3-8(10)11)6-5-9-12(13(9)15)14(17)18/h1-4,9,12-13H,5-7H2,(H,17,18)/t9-,12-,13+,15+/m1/s1. The van der Waals surface area contributed by atoms with Crippen LogP contribution >= 0.6 is 0 Å². The summed E-state index contributed by atoms with van der Waals surface area (Å²) in [5.74, 6) is -0.136. The average molecular weight is 258 g/mol. The summed E-state index contributed by atoms with van der Waals surface area (Å²) in [7, 11) is 0. The molecule has 4 heteroatoms. The molecule has 0 unspecified atom stereocenters. The Morgan fingerprint density at radius 1 is 1.37 bits per heavy atom. The Labute approximate surface area is 110 Å². The Hall–Kier alpha value is -1.84. The summed E-state index contributed by atoms with van der Waals surface area (Å²) >= 11 is 0. The molecular weight excluding hydrogens is 244 g/mol. The maximum atomic E-state index is 12.3. The minimum absolute atomic E-state index is 0.0160. The van der Waals surface area contributed by atoms with Crippen LogP contribution in [-0.2, 0) is 4.79 Å². The second-order valence-electron chi connectivity index (χ2n) is 5.86. The SMILES string of the molecule is O=C1C[C@]2(CC[C@@H]3[C@@H](C(=O)O)[C@H]32)Oc2ccccc21. The minimum atomic E-state index is -0.746. The zero-order chi connectivity index (χ0) is 13.2. The van der Waals surface area contributed by atoms with Gasteiger partial charge in [0.15, 0.2) is 5.78 Å². The van der Waals surface area contributed by atoms with Gasteiger partial charge < -0.3 is 9.84 Å². The maximum Gasteiger partial charge on any atom is 0.307 e. The van der Waals surface area contributed by atoms with Gasteiger partial charge in [-0.05, 0) is 30.9 Å². The number of fused-ring (bicyclic) bond motifs is 3. The van der Waals surface area contributed by atoms with E-state index in [-0.39, 0.29) is 23.5 Å². The van der Waals surface area contributed by atoms with Crippen molar-refractivity contribution in [3.63, 3.8) is 0 Å². The molecule has 0 radical (unpaired) electrons. The lowest BCUT2D eigenvalue weighted by Crippen LogP contribution is -2.43. The van der Waals surface area contributed by atoms with Crippen LogP contribution in [-0.4, -0.2) is 22.5 Å². The van der Waals surface area contributed by atoms with E-state index in [1.165, 1.54) is 0 Å². The van der Waals surface area contributed by atoms with Gasteiger partial charge in [-0.1, -0.05) is 12.1 Å². The van der Waals surface area contributed by atoms with Crippen molar-refractivity contribution in [3.8, 4) is 5.75 Å². The fraction of sp³-hybridized carbons (Fsp3) is 0.467. The van der Waals surface area contributed by atoms with E-state index in [2.05, 4.69) is 0 Å². The Morgan fingerprint density at radius 3 is 2.89 bits per heavy atom. The molecule has 4 nitrogen and oxygen atoms in total. The van der Waals surface area contributed by atoms with Crippen LogP contribution in [0.1, 0.15) is 29.6 Å². The number of para-hydroxylation sites is 1. The Morgan fingerprint density at radius 2 is 2.16 bits per heavy atom. The summed E-state index contributed by atoms with van der Waals surface area (Å²) in [6.45, 7) is 0. The van der Waals surface area contributed by atoms with E-state index in [0.29, 0.717) is 17.7 Å². The third-order valence-corrected chi connectivity index (χ3v) is 4.92. The molecule has 4 atom stereocenters. The maximum absolute atomic E-state index is 12.3. The van der Waals surface area contributed by atoms with E-state index in [4.69, 9.17) is 4.74 Å². The van der Waals surface area contributed by atoms with Gasteiger partial charge in [-0.2, -0.15) is 0 Å². The predicted octanol–water partition coefficient (Wildman–Crippen LogP) is 2.13. The number of carbonyl (C=O) groups is 2. The van der Waals surface area contributed by atoms with Crippen molar-refractivity contribution in [1.82, 2.24) is 0 Å². The molecule has 1 aromatic rings. The normalized spacial score (nSPS) is 38.5. The van der Waals surface area contributed by atoms with Crippen molar-refractivity contribution in [2.45, 2.75) is 24.9 Å². The van der Waals surface area contributed by atoms with Gasteiger partial charge in [0.25, 0.3) is 0 Å². The van der Waals surface area contributed by atoms with Gasteiger partial charge in [0.05, 0.1) is 17.9 Å². The molecular formula is C15H14O4. The molecule has 0 amide bonds. The van der Waals surface area contributed by atoms with E-state index in [9.17, 15) is 14.7 Å². The van der Waals surface area contributed by atoms with Crippen molar-refractivity contribution >= 4 is 11.8 Å². The molecule has 1 N–H and O–H groups in total. The van der Waals surface area contributed by atoms with Crippen molar-refractivity contribution in [3.05, 3.63) is 29.8 Å². The Bertz CT molecular complexity index is 594. The monoisotopic (exact) mass is 258 g/mol. The molecule has 98 valence electrons. The zero-order valence-corrected chi connectivity index (χ0v) is 10.3. The molecule has 19 heavy (non-hydrogen) atoms. The zero-order valence-electron chi connectivity index (χ0n) is 10.3. The molecule has 0 aromatic heterocycles. The van der Waals surface area contributed by atoms with Crippen LogP contribution in [0, 0.1) is 17.8 Å². The van der Waals surface area contributed by atoms with Crippen molar-refractivity contribution < 1.29 is 19.4 Å². The lowest BCUT2D eigenvalue weighted by Gasteiger charge is -2.36. The highest BCUT2D eigenvalue weighted by atomic mass is 16.5. The minimum Gasteiger partial charge on any atom is -0.486 e. The topological polar surface area (TPSA) is 63.6 Å². The van der Waals surface area contributed by atoms with Crippen LogP contribution in [0.15, 0.2) is 24.3 Å². The van der Waals surface area contributed by atoms with Gasteiger partial charge in [-0.15, -0.1) is 0 Å². The van der Waals surface area contributed by atoms with Crippen molar-refractivity contribution in [1.29, 1.82) is 0 Å². The molecule has 3 aliphatic rings. The molecule has 1 spiro atoms. The predicted molar refractivity (Wildman–Crippen MR) is 66.1 cm³/mol. The van der Waals surface area contributed by atoms with Crippen LogP contribution in [0.25, 0.3) is 0 Å². The van der Waals surface area contributed by atoms with Gasteiger partial charge in [0.1, 0.15) is 11.4 Å². The third-order valence-electron chi connectivity index (χ3n) is 4.92. The quantitative estimate of drug-likeness (QED) is 0.838. The van der Waals surface area contributed by atoms with Gasteiger partial charge in [0.2, 0.25) is 0 Å². The number of rotatable bonds is 1. The number of carbonyl (C=O) groups excluding carboxylic acids is 1. The lowest BCUT2D eigenvalue weighted by molar-refractivity contribution is -0.140. The van der Waals surface area contributed by atoms with Crippen LogP contribution in [0.2, 0.25) is 0 Å². The first-order valence-corrected chi connectivity index (χ1v) is 6.66. The van der Waals surface area contributed by atoms with Gasteiger partial charge in [-0.3, -0.25) is 9.59 Å². The molecule has 1 aromatic carbocycles. The van der Waals surface area contributed by atoms with E-state index < -0.39 is 11.6 Å². The summed E-state index contributed by atoms with van der Waals surface area (Å²) < 4.78 is 6.10. The fourth-order valence-electron chi connectivity index (χ4n) is 4.10.